The number of aliphatic imine (C=N–C) groups is 1. The van der Waals surface area contributed by atoms with Crippen molar-refractivity contribution in [3.8, 4) is 11.5 Å². The molecule has 1 aromatic carbocycles. The Kier molecular flexibility index (Phi) is 9.71. The van der Waals surface area contributed by atoms with Crippen molar-refractivity contribution in [2.75, 3.05) is 73.8 Å². The summed E-state index contributed by atoms with van der Waals surface area (Å²) in [6.45, 7) is 8.01. The van der Waals surface area contributed by atoms with E-state index in [0.717, 1.165) is 101 Å². The van der Waals surface area contributed by atoms with Crippen molar-refractivity contribution in [3.63, 3.8) is 0 Å². The van der Waals surface area contributed by atoms with Gasteiger partial charge in [-0.25, -0.2) is 0 Å². The third-order valence-electron chi connectivity index (χ3n) is 5.89. The van der Waals surface area contributed by atoms with Crippen LogP contribution >= 0.6 is 0 Å². The summed E-state index contributed by atoms with van der Waals surface area (Å²) in [6, 6.07) is 5.97. The number of guanidine groups is 1. The molecular weight excluding hydrogens is 396 g/mol. The number of hydrogen-bond donors (Lipinski definition) is 1. The molecular formula is C23H38N4O4. The number of nitrogens with one attached hydrogen (secondary N) is 1. The minimum atomic E-state index is 0.365. The van der Waals surface area contributed by atoms with Crippen LogP contribution in [0.15, 0.2) is 23.2 Å². The number of benzene rings is 1. The third kappa shape index (κ3) is 7.26. The molecule has 2 fully saturated rings. The van der Waals surface area contributed by atoms with Crippen LogP contribution in [0, 0.1) is 0 Å². The molecule has 0 saturated carbocycles. The summed E-state index contributed by atoms with van der Waals surface area (Å²) in [5, 5.41) is 3.49. The Labute approximate surface area is 186 Å². The van der Waals surface area contributed by atoms with Gasteiger partial charge in [-0.05, 0) is 37.5 Å². The van der Waals surface area contributed by atoms with E-state index >= 15 is 0 Å². The van der Waals surface area contributed by atoms with Gasteiger partial charge in [0.2, 0.25) is 0 Å². The maximum atomic E-state index is 5.95. The summed E-state index contributed by atoms with van der Waals surface area (Å²) >= 11 is 0. The van der Waals surface area contributed by atoms with E-state index in [-0.39, 0.29) is 0 Å². The van der Waals surface area contributed by atoms with Crippen LogP contribution in [-0.2, 0) is 16.0 Å². The highest BCUT2D eigenvalue weighted by Gasteiger charge is 2.21. The van der Waals surface area contributed by atoms with Gasteiger partial charge in [-0.1, -0.05) is 0 Å². The lowest BCUT2D eigenvalue weighted by molar-refractivity contribution is -0.0320. The van der Waals surface area contributed by atoms with Crippen LogP contribution in [-0.4, -0.2) is 95.7 Å². The minimum absolute atomic E-state index is 0.365. The molecule has 1 aromatic rings. The van der Waals surface area contributed by atoms with Crippen LogP contribution in [0.2, 0.25) is 0 Å². The molecule has 0 unspecified atom stereocenters. The number of ether oxygens (including phenoxy) is 4. The zero-order valence-corrected chi connectivity index (χ0v) is 19.3. The molecule has 0 atom stereocenters. The monoisotopic (exact) mass is 434 g/mol. The van der Waals surface area contributed by atoms with Crippen LogP contribution in [0.1, 0.15) is 24.8 Å². The quantitative estimate of drug-likeness (QED) is 0.362. The van der Waals surface area contributed by atoms with Crippen LogP contribution in [0.4, 0.5) is 0 Å². The van der Waals surface area contributed by atoms with Crippen LogP contribution in [0.5, 0.6) is 11.5 Å². The Hall–Kier alpha value is -2.03. The molecule has 31 heavy (non-hydrogen) atoms. The Bertz CT molecular complexity index is 686. The van der Waals surface area contributed by atoms with Gasteiger partial charge < -0.3 is 29.2 Å². The predicted octanol–water partition coefficient (Wildman–Crippen LogP) is 1.98. The van der Waals surface area contributed by atoms with E-state index in [1.807, 2.05) is 19.2 Å². The van der Waals surface area contributed by atoms with Gasteiger partial charge in [0.25, 0.3) is 0 Å². The zero-order valence-electron chi connectivity index (χ0n) is 19.3. The second-order valence-electron chi connectivity index (χ2n) is 7.95. The summed E-state index contributed by atoms with van der Waals surface area (Å²) in [4.78, 5) is 9.26. The standard InChI is InChI=1S/C23H38N4O4/c1-24-23(25-9-4-14-31-20-7-15-30-16-8-20)27-12-10-26(11-13-27)18-19-17-21(28-2)5-6-22(19)29-3/h5-6,17,20H,4,7-16,18H2,1-3H3,(H,24,25). The Morgan fingerprint density at radius 2 is 1.90 bits per heavy atom. The lowest BCUT2D eigenvalue weighted by atomic mass is 10.1. The van der Waals surface area contributed by atoms with Crippen LogP contribution in [0.25, 0.3) is 0 Å². The number of rotatable bonds is 9. The molecule has 0 amide bonds. The van der Waals surface area contributed by atoms with Gasteiger partial charge in [0.05, 0.1) is 20.3 Å². The smallest absolute Gasteiger partial charge is 0.193 e. The minimum Gasteiger partial charge on any atom is -0.497 e. The fraction of sp³-hybridized carbons (Fsp3) is 0.696. The third-order valence-corrected chi connectivity index (χ3v) is 5.89. The van der Waals surface area contributed by atoms with Crippen molar-refractivity contribution in [1.29, 1.82) is 0 Å². The van der Waals surface area contributed by atoms with E-state index in [1.54, 1.807) is 14.2 Å². The molecule has 0 aliphatic carbocycles. The van der Waals surface area contributed by atoms with Gasteiger partial charge >= 0.3 is 0 Å². The van der Waals surface area contributed by atoms with Crippen LogP contribution in [0.3, 0.4) is 0 Å². The second kappa shape index (κ2) is 12.7. The SMILES string of the molecule is CN=C(NCCCOC1CCOCC1)N1CCN(Cc2cc(OC)ccc2OC)CC1. The molecule has 8 heteroatoms. The maximum absolute atomic E-state index is 5.95. The summed E-state index contributed by atoms with van der Waals surface area (Å²) in [6.07, 6.45) is 3.37. The normalized spacial score (nSPS) is 18.8. The van der Waals surface area contributed by atoms with Crippen molar-refractivity contribution in [3.05, 3.63) is 23.8 Å². The van der Waals surface area contributed by atoms with Crippen molar-refractivity contribution in [2.45, 2.75) is 31.9 Å². The Morgan fingerprint density at radius 1 is 1.13 bits per heavy atom. The van der Waals surface area contributed by atoms with E-state index < -0.39 is 0 Å². The van der Waals surface area contributed by atoms with Gasteiger partial charge in [0.1, 0.15) is 11.5 Å². The van der Waals surface area contributed by atoms with Gasteiger partial charge in [-0.2, -0.15) is 0 Å². The maximum Gasteiger partial charge on any atom is 0.193 e. The highest BCUT2D eigenvalue weighted by Crippen LogP contribution is 2.25. The summed E-state index contributed by atoms with van der Waals surface area (Å²) in [7, 11) is 5.27. The molecule has 0 bridgehead atoms. The molecule has 2 heterocycles. The lowest BCUT2D eigenvalue weighted by Crippen LogP contribution is -2.52. The van der Waals surface area contributed by atoms with Crippen molar-refractivity contribution < 1.29 is 18.9 Å². The molecule has 2 aliphatic rings. The molecule has 3 rings (SSSR count). The fourth-order valence-electron chi connectivity index (χ4n) is 4.06. The number of nitrogens with zero attached hydrogens (tertiary/aromatic N) is 3. The first-order chi connectivity index (χ1) is 15.2. The van der Waals surface area contributed by atoms with Crippen molar-refractivity contribution >= 4 is 5.96 Å². The number of piperazine rings is 1. The topological polar surface area (TPSA) is 67.8 Å². The van der Waals surface area contributed by atoms with E-state index in [9.17, 15) is 0 Å². The average molecular weight is 435 g/mol. The van der Waals surface area contributed by atoms with Gasteiger partial charge in [0.15, 0.2) is 5.96 Å². The Morgan fingerprint density at radius 3 is 2.58 bits per heavy atom. The van der Waals surface area contributed by atoms with E-state index in [2.05, 4.69) is 26.2 Å². The van der Waals surface area contributed by atoms with Gasteiger partial charge in [-0.15, -0.1) is 0 Å². The number of hydrogen-bond acceptors (Lipinski definition) is 6. The van der Waals surface area contributed by atoms with Crippen LogP contribution < -0.4 is 14.8 Å². The highest BCUT2D eigenvalue weighted by molar-refractivity contribution is 5.79. The summed E-state index contributed by atoms with van der Waals surface area (Å²) in [5.41, 5.74) is 1.15. The molecule has 0 radical (unpaired) electrons. The van der Waals surface area contributed by atoms with Gasteiger partial charge in [0, 0.05) is 71.7 Å². The first-order valence-corrected chi connectivity index (χ1v) is 11.3. The fourth-order valence-corrected chi connectivity index (χ4v) is 4.06. The summed E-state index contributed by atoms with van der Waals surface area (Å²) < 4.78 is 22.2. The molecule has 1 N–H and O–H groups in total. The van der Waals surface area contributed by atoms with Crippen molar-refractivity contribution in [2.24, 2.45) is 4.99 Å². The molecule has 2 aliphatic heterocycles. The van der Waals surface area contributed by atoms with E-state index in [1.165, 1.54) is 0 Å². The first-order valence-electron chi connectivity index (χ1n) is 11.3. The molecule has 0 spiro atoms. The molecule has 2 saturated heterocycles. The zero-order chi connectivity index (χ0) is 21.9. The second-order valence-corrected chi connectivity index (χ2v) is 7.95. The number of methoxy groups -OCH3 is 2. The van der Waals surface area contributed by atoms with E-state index in [0.29, 0.717) is 6.10 Å². The lowest BCUT2D eigenvalue weighted by Gasteiger charge is -2.36. The predicted molar refractivity (Wildman–Crippen MR) is 122 cm³/mol. The highest BCUT2D eigenvalue weighted by atomic mass is 16.5. The molecule has 8 nitrogen and oxygen atoms in total. The summed E-state index contributed by atoms with van der Waals surface area (Å²) in [5.74, 6) is 2.74. The Balaban J connectivity index is 1.38. The first kappa shape index (κ1) is 23.6. The van der Waals surface area contributed by atoms with Gasteiger partial charge in [-0.3, -0.25) is 9.89 Å². The molecule has 174 valence electrons. The largest absolute Gasteiger partial charge is 0.497 e. The van der Waals surface area contributed by atoms with E-state index in [4.69, 9.17) is 18.9 Å². The van der Waals surface area contributed by atoms with Crippen molar-refractivity contribution in [1.82, 2.24) is 15.1 Å². The molecule has 0 aromatic heterocycles. The average Bonchev–Trinajstić information content (AvgIpc) is 2.82.